The molecule has 0 spiro atoms. The molecule has 6 heteroatoms. The molecular formula is C36H62O6. The average molecular weight is 591 g/mol. The van der Waals surface area contributed by atoms with Gasteiger partial charge in [-0.2, -0.15) is 0 Å². The highest BCUT2D eigenvalue weighted by Gasteiger charge is 2.67. The highest BCUT2D eigenvalue weighted by molar-refractivity contribution is 5.30. The molecule has 4 N–H and O–H groups in total. The Morgan fingerprint density at radius 2 is 1.74 bits per heavy atom. The first-order chi connectivity index (χ1) is 19.5. The minimum atomic E-state index is -1.10. The van der Waals surface area contributed by atoms with Gasteiger partial charge in [-0.25, -0.2) is 0 Å². The molecule has 1 heterocycles. The van der Waals surface area contributed by atoms with Crippen molar-refractivity contribution in [2.75, 3.05) is 6.61 Å². The third kappa shape index (κ3) is 5.36. The van der Waals surface area contributed by atoms with Gasteiger partial charge in [-0.3, -0.25) is 0 Å². The van der Waals surface area contributed by atoms with Crippen LogP contribution >= 0.6 is 0 Å². The smallest absolute Gasteiger partial charge is 0.186 e. The molecule has 242 valence electrons. The quantitative estimate of drug-likeness (QED) is 0.245. The first-order valence-electron chi connectivity index (χ1n) is 17.2. The predicted molar refractivity (Wildman–Crippen MR) is 166 cm³/mol. The second-order valence-corrected chi connectivity index (χ2v) is 17.2. The van der Waals surface area contributed by atoms with Gasteiger partial charge in [-0.05, 0) is 105 Å². The average Bonchev–Trinajstić information content (AvgIpc) is 3.18. The predicted octanol–water partition coefficient (Wildman–Crippen LogP) is 6.38. The third-order valence-corrected chi connectivity index (χ3v) is 14.0. The second kappa shape index (κ2) is 11.4. The Balaban J connectivity index is 1.34. The summed E-state index contributed by atoms with van der Waals surface area (Å²) in [7, 11) is 0. The number of hydrogen-bond donors (Lipinski definition) is 4. The van der Waals surface area contributed by atoms with Crippen LogP contribution in [0.25, 0.3) is 0 Å². The summed E-state index contributed by atoms with van der Waals surface area (Å²) in [6.07, 6.45) is 10.7. The third-order valence-electron chi connectivity index (χ3n) is 14.0. The number of ether oxygens (including phenoxy) is 2. The zero-order valence-electron chi connectivity index (χ0n) is 27.9. The Hall–Kier alpha value is -0.500. The minimum absolute atomic E-state index is 0.116. The number of hydrogen-bond acceptors (Lipinski definition) is 6. The van der Waals surface area contributed by atoms with Crippen LogP contribution < -0.4 is 0 Å². The van der Waals surface area contributed by atoms with Gasteiger partial charge in [0.1, 0.15) is 6.10 Å². The molecule has 3 saturated carbocycles. The molecule has 3 unspecified atom stereocenters. The molecule has 12 atom stereocenters. The molecule has 0 amide bonds. The Morgan fingerprint density at radius 3 is 2.40 bits per heavy atom. The zero-order valence-corrected chi connectivity index (χ0v) is 27.9. The molecule has 0 radical (unpaired) electrons. The maximum Gasteiger partial charge on any atom is 0.186 e. The van der Waals surface area contributed by atoms with Crippen LogP contribution in [0.3, 0.4) is 0 Å². The molecule has 0 bridgehead atoms. The van der Waals surface area contributed by atoms with E-state index < -0.39 is 30.2 Å². The fourth-order valence-electron chi connectivity index (χ4n) is 11.2. The molecule has 1 saturated heterocycles. The van der Waals surface area contributed by atoms with Gasteiger partial charge in [-0.1, -0.05) is 66.0 Å². The van der Waals surface area contributed by atoms with E-state index >= 15 is 0 Å². The molecule has 1 aliphatic heterocycles. The number of aliphatic hydroxyl groups excluding tert-OH is 3. The van der Waals surface area contributed by atoms with Crippen molar-refractivity contribution in [1.29, 1.82) is 0 Å². The Bertz CT molecular complexity index is 1000. The van der Waals surface area contributed by atoms with E-state index in [1.54, 1.807) is 0 Å². The topological polar surface area (TPSA) is 99.4 Å². The summed E-state index contributed by atoms with van der Waals surface area (Å²) in [4.78, 5) is 0. The number of aliphatic hydroxyl groups is 4. The van der Waals surface area contributed by atoms with Crippen molar-refractivity contribution in [1.82, 2.24) is 0 Å². The lowest BCUT2D eigenvalue weighted by atomic mass is 9.39. The molecule has 4 aliphatic carbocycles. The summed E-state index contributed by atoms with van der Waals surface area (Å²) in [5, 5.41) is 40.9. The van der Waals surface area contributed by atoms with Crippen LogP contribution in [0.2, 0.25) is 0 Å². The molecule has 0 aromatic heterocycles. The van der Waals surface area contributed by atoms with Gasteiger partial charge in [0.05, 0.1) is 30.5 Å². The van der Waals surface area contributed by atoms with Gasteiger partial charge >= 0.3 is 0 Å². The van der Waals surface area contributed by atoms with Crippen LogP contribution in [0.5, 0.6) is 0 Å². The normalized spacial score (nSPS) is 47.7. The number of allylic oxidation sites excluding steroid dienone is 1. The van der Waals surface area contributed by atoms with Crippen LogP contribution in [-0.4, -0.2) is 63.3 Å². The van der Waals surface area contributed by atoms with Gasteiger partial charge in [0.2, 0.25) is 0 Å². The summed E-state index contributed by atoms with van der Waals surface area (Å²) in [5.41, 5.74) is 1.68. The van der Waals surface area contributed by atoms with E-state index in [1.807, 2.05) is 13.8 Å². The Morgan fingerprint density at radius 1 is 1.02 bits per heavy atom. The van der Waals surface area contributed by atoms with Crippen molar-refractivity contribution in [3.8, 4) is 0 Å². The van der Waals surface area contributed by atoms with Crippen molar-refractivity contribution >= 4 is 0 Å². The summed E-state index contributed by atoms with van der Waals surface area (Å²) >= 11 is 0. The highest BCUT2D eigenvalue weighted by Crippen LogP contribution is 2.75. The minimum Gasteiger partial charge on any atom is -0.394 e. The molecule has 4 fully saturated rings. The maximum atomic E-state index is 10.7. The first-order valence-corrected chi connectivity index (χ1v) is 17.2. The van der Waals surface area contributed by atoms with Gasteiger partial charge < -0.3 is 29.9 Å². The van der Waals surface area contributed by atoms with E-state index in [2.05, 4.69) is 47.6 Å². The summed E-state index contributed by atoms with van der Waals surface area (Å²) < 4.78 is 12.4. The Labute approximate surface area is 255 Å². The molecule has 5 aliphatic rings. The van der Waals surface area contributed by atoms with E-state index in [9.17, 15) is 20.4 Å². The van der Waals surface area contributed by atoms with Gasteiger partial charge in [0, 0.05) is 11.8 Å². The van der Waals surface area contributed by atoms with E-state index in [0.29, 0.717) is 28.6 Å². The van der Waals surface area contributed by atoms with Crippen LogP contribution in [0.1, 0.15) is 126 Å². The van der Waals surface area contributed by atoms with Gasteiger partial charge in [0.15, 0.2) is 6.29 Å². The van der Waals surface area contributed by atoms with Crippen molar-refractivity contribution in [3.63, 3.8) is 0 Å². The van der Waals surface area contributed by atoms with Crippen molar-refractivity contribution < 1.29 is 29.9 Å². The van der Waals surface area contributed by atoms with Crippen molar-refractivity contribution in [2.45, 2.75) is 162 Å². The monoisotopic (exact) mass is 590 g/mol. The maximum absolute atomic E-state index is 10.7. The van der Waals surface area contributed by atoms with Crippen LogP contribution in [0.15, 0.2) is 11.6 Å². The summed E-state index contributed by atoms with van der Waals surface area (Å²) in [6, 6.07) is 0. The van der Waals surface area contributed by atoms with Crippen LogP contribution in [-0.2, 0) is 9.47 Å². The SMILES string of the molecule is C[C@H](CCCC(C)(C)O)C1CC[C@@]2(C)C3CC=C4C(CC[C@H](O[C@@H]5O[C@H](CO)C[C@H](O)[C@H]5O)C4(C)C)[C@]3(C)CC[C@]12C. The molecular weight excluding hydrogens is 528 g/mol. The lowest BCUT2D eigenvalue weighted by Crippen LogP contribution is -2.60. The lowest BCUT2D eigenvalue weighted by molar-refractivity contribution is -0.296. The van der Waals surface area contributed by atoms with Crippen molar-refractivity contribution in [2.24, 2.45) is 45.3 Å². The van der Waals surface area contributed by atoms with Gasteiger partial charge in [-0.15, -0.1) is 0 Å². The van der Waals surface area contributed by atoms with E-state index in [4.69, 9.17) is 9.47 Å². The number of fused-ring (bicyclic) bond motifs is 5. The van der Waals surface area contributed by atoms with E-state index in [1.165, 1.54) is 37.7 Å². The largest absolute Gasteiger partial charge is 0.394 e. The molecule has 0 aromatic carbocycles. The lowest BCUT2D eigenvalue weighted by Gasteiger charge is -2.66. The summed E-state index contributed by atoms with van der Waals surface area (Å²) in [6.45, 7) is 18.6. The molecule has 5 rings (SSSR count). The zero-order chi connectivity index (χ0) is 30.9. The number of rotatable bonds is 8. The van der Waals surface area contributed by atoms with E-state index in [0.717, 1.165) is 38.0 Å². The second-order valence-electron chi connectivity index (χ2n) is 17.2. The molecule has 0 aromatic rings. The van der Waals surface area contributed by atoms with Crippen LogP contribution in [0, 0.1) is 45.3 Å². The Kier molecular flexibility index (Phi) is 8.91. The fraction of sp³-hybridized carbons (Fsp3) is 0.944. The first kappa shape index (κ1) is 32.9. The van der Waals surface area contributed by atoms with E-state index in [-0.39, 0.29) is 30.0 Å². The van der Waals surface area contributed by atoms with Crippen molar-refractivity contribution in [3.05, 3.63) is 11.6 Å². The molecule has 42 heavy (non-hydrogen) atoms. The standard InChI is InChI=1S/C36H62O6/c1-22(10-9-16-32(2,3)40)24-15-17-36(8)28-13-11-25-26(34(28,6)18-19-35(24,36)7)12-14-29(33(25,4)5)42-31-30(39)27(38)20-23(21-37)41-31/h11,22-24,26-31,37-40H,9-10,12-21H2,1-8H3/t22-,23+,24?,26?,27+,28?,29+,30-,31+,34+,35-,36+/m1/s1. The van der Waals surface area contributed by atoms with Crippen LogP contribution in [0.4, 0.5) is 0 Å². The fourth-order valence-corrected chi connectivity index (χ4v) is 11.2. The molecule has 6 nitrogen and oxygen atoms in total. The highest BCUT2D eigenvalue weighted by atomic mass is 16.7. The summed E-state index contributed by atoms with van der Waals surface area (Å²) in [5.74, 6) is 2.64. The van der Waals surface area contributed by atoms with Gasteiger partial charge in [0.25, 0.3) is 0 Å².